The number of ether oxygens (including phenoxy) is 1. The molecule has 1 saturated heterocycles. The highest BCUT2D eigenvalue weighted by Gasteiger charge is 2.40. The first-order valence-electron chi connectivity index (χ1n) is 7.12. The van der Waals surface area contributed by atoms with Gasteiger partial charge in [-0.1, -0.05) is 19.3 Å². The molecule has 1 atom stereocenters. The van der Waals surface area contributed by atoms with Crippen LogP contribution in [0.5, 0.6) is 0 Å². The fourth-order valence-electron chi connectivity index (χ4n) is 3.44. The van der Waals surface area contributed by atoms with Crippen LogP contribution in [0.3, 0.4) is 0 Å². The highest BCUT2D eigenvalue weighted by atomic mass is 79.9. The van der Waals surface area contributed by atoms with E-state index in [4.69, 9.17) is 4.74 Å². The molecule has 1 aromatic heterocycles. The van der Waals surface area contributed by atoms with Crippen LogP contribution in [0.4, 0.5) is 0 Å². The number of carbonyl (C=O) groups is 1. The monoisotopic (exact) mass is 342 g/mol. The lowest BCUT2D eigenvalue weighted by Gasteiger charge is -2.43. The zero-order chi connectivity index (χ0) is 13.3. The molecule has 1 aliphatic carbocycles. The van der Waals surface area contributed by atoms with Gasteiger partial charge >= 0.3 is 0 Å². The Bertz CT molecular complexity index is 457. The molecule has 0 bridgehead atoms. The van der Waals surface area contributed by atoms with E-state index in [2.05, 4.69) is 15.9 Å². The van der Waals surface area contributed by atoms with Crippen LogP contribution < -0.4 is 0 Å². The van der Waals surface area contributed by atoms with E-state index in [1.807, 2.05) is 12.1 Å². The molecular weight excluding hydrogens is 324 g/mol. The lowest BCUT2D eigenvalue weighted by atomic mass is 9.75. The van der Waals surface area contributed by atoms with Crippen LogP contribution in [0.15, 0.2) is 15.9 Å². The van der Waals surface area contributed by atoms with Crippen LogP contribution in [0, 0.1) is 5.92 Å². The van der Waals surface area contributed by atoms with Crippen molar-refractivity contribution >= 4 is 33.0 Å². The van der Waals surface area contributed by atoms with Gasteiger partial charge in [-0.15, -0.1) is 11.3 Å². The van der Waals surface area contributed by atoms with Gasteiger partial charge in [-0.25, -0.2) is 0 Å². The molecular formula is C15H19BrO2S. The van der Waals surface area contributed by atoms with Gasteiger partial charge in [0.2, 0.25) is 0 Å². The molecule has 1 aromatic rings. The zero-order valence-corrected chi connectivity index (χ0v) is 13.4. The Morgan fingerprint density at radius 3 is 2.79 bits per heavy atom. The Morgan fingerprint density at radius 2 is 2.11 bits per heavy atom. The van der Waals surface area contributed by atoms with Crippen molar-refractivity contribution in [2.45, 2.75) is 50.5 Å². The Labute approximate surface area is 126 Å². The summed E-state index contributed by atoms with van der Waals surface area (Å²) in [5.74, 6) is 0.487. The molecule has 3 rings (SSSR count). The Balaban J connectivity index is 1.72. The molecule has 4 heteroatoms. The predicted octanol–water partition coefficient (Wildman–Crippen LogP) is 4.82. The number of hydrogen-bond donors (Lipinski definition) is 0. The van der Waals surface area contributed by atoms with Crippen molar-refractivity contribution in [2.75, 3.05) is 6.61 Å². The van der Waals surface area contributed by atoms with E-state index in [9.17, 15) is 4.79 Å². The topological polar surface area (TPSA) is 26.3 Å². The van der Waals surface area contributed by atoms with Gasteiger partial charge in [-0.05, 0) is 53.7 Å². The first kappa shape index (κ1) is 13.8. The summed E-state index contributed by atoms with van der Waals surface area (Å²) >= 11 is 4.99. The van der Waals surface area contributed by atoms with Gasteiger partial charge in [-0.3, -0.25) is 4.79 Å². The molecule has 2 fully saturated rings. The van der Waals surface area contributed by atoms with Crippen LogP contribution in [0.25, 0.3) is 0 Å². The average molecular weight is 343 g/mol. The minimum atomic E-state index is 0.0192. The summed E-state index contributed by atoms with van der Waals surface area (Å²) < 4.78 is 7.11. The summed E-state index contributed by atoms with van der Waals surface area (Å²) in [5.41, 5.74) is 0.0192. The van der Waals surface area contributed by atoms with Crippen LogP contribution in [-0.2, 0) is 4.74 Å². The van der Waals surface area contributed by atoms with Gasteiger partial charge in [0.1, 0.15) is 0 Å². The van der Waals surface area contributed by atoms with Crippen LogP contribution in [-0.4, -0.2) is 18.0 Å². The average Bonchev–Trinajstić information content (AvgIpc) is 2.85. The van der Waals surface area contributed by atoms with Crippen molar-refractivity contribution in [2.24, 2.45) is 5.92 Å². The number of rotatable bonds is 2. The summed E-state index contributed by atoms with van der Waals surface area (Å²) in [4.78, 5) is 13.5. The van der Waals surface area contributed by atoms with Gasteiger partial charge in [0, 0.05) is 12.5 Å². The van der Waals surface area contributed by atoms with Crippen molar-refractivity contribution in [3.05, 3.63) is 20.8 Å². The van der Waals surface area contributed by atoms with E-state index >= 15 is 0 Å². The van der Waals surface area contributed by atoms with Crippen molar-refractivity contribution in [1.82, 2.24) is 0 Å². The molecule has 0 radical (unpaired) electrons. The lowest BCUT2D eigenvalue weighted by Crippen LogP contribution is -2.43. The number of hydrogen-bond acceptors (Lipinski definition) is 3. The highest BCUT2D eigenvalue weighted by Crippen LogP contribution is 2.42. The summed E-state index contributed by atoms with van der Waals surface area (Å²) in [7, 11) is 0. The second-order valence-electron chi connectivity index (χ2n) is 5.75. The number of halogens is 1. The van der Waals surface area contributed by atoms with Gasteiger partial charge in [0.25, 0.3) is 0 Å². The molecule has 1 unspecified atom stereocenters. The quantitative estimate of drug-likeness (QED) is 0.720. The summed E-state index contributed by atoms with van der Waals surface area (Å²) in [6.07, 6.45) is 7.94. The Morgan fingerprint density at radius 1 is 1.32 bits per heavy atom. The number of Topliss-reactive ketones (excluding diaryl/α,β-unsaturated/α-hetero) is 1. The standard InChI is InChI=1S/C15H19BrO2S/c16-13-5-4-12(19-13)14(17)11-6-9-18-15(10-11)7-2-1-3-8-15/h4-5,11H,1-3,6-10H2. The van der Waals surface area contributed by atoms with Gasteiger partial charge < -0.3 is 4.74 Å². The Hall–Kier alpha value is -0.190. The molecule has 0 N–H and O–H groups in total. The highest BCUT2D eigenvalue weighted by molar-refractivity contribution is 9.11. The van der Waals surface area contributed by atoms with E-state index < -0.39 is 0 Å². The van der Waals surface area contributed by atoms with Gasteiger partial charge in [-0.2, -0.15) is 0 Å². The largest absolute Gasteiger partial charge is 0.375 e. The summed E-state index contributed by atoms with van der Waals surface area (Å²) in [6, 6.07) is 3.91. The number of thiophene rings is 1. The number of carbonyl (C=O) groups excluding carboxylic acids is 1. The van der Waals surface area contributed by atoms with Crippen molar-refractivity contribution in [1.29, 1.82) is 0 Å². The maximum Gasteiger partial charge on any atom is 0.176 e. The molecule has 104 valence electrons. The predicted molar refractivity (Wildman–Crippen MR) is 80.8 cm³/mol. The summed E-state index contributed by atoms with van der Waals surface area (Å²) in [6.45, 7) is 0.753. The van der Waals surface area contributed by atoms with Crippen LogP contribution >= 0.6 is 27.3 Å². The SMILES string of the molecule is O=C(c1ccc(Br)s1)C1CCOC2(CCCCC2)C1. The third-order valence-corrected chi connectivity index (χ3v) is 6.08. The van der Waals surface area contributed by atoms with Gasteiger partial charge in [0.05, 0.1) is 14.3 Å². The molecule has 2 aliphatic rings. The van der Waals surface area contributed by atoms with Crippen LogP contribution in [0.1, 0.15) is 54.6 Å². The Kier molecular flexibility index (Phi) is 4.11. The van der Waals surface area contributed by atoms with Gasteiger partial charge in [0.15, 0.2) is 5.78 Å². The van der Waals surface area contributed by atoms with Crippen molar-refractivity contribution in [3.63, 3.8) is 0 Å². The molecule has 19 heavy (non-hydrogen) atoms. The maximum absolute atomic E-state index is 12.6. The zero-order valence-electron chi connectivity index (χ0n) is 11.0. The minimum absolute atomic E-state index is 0.0192. The number of ketones is 1. The third-order valence-electron chi connectivity index (χ3n) is 4.44. The first-order valence-corrected chi connectivity index (χ1v) is 8.73. The van der Waals surface area contributed by atoms with Crippen molar-refractivity contribution in [3.8, 4) is 0 Å². The smallest absolute Gasteiger partial charge is 0.176 e. The molecule has 2 nitrogen and oxygen atoms in total. The van der Waals surface area contributed by atoms with Crippen molar-refractivity contribution < 1.29 is 9.53 Å². The molecule has 1 saturated carbocycles. The van der Waals surface area contributed by atoms with E-state index in [0.29, 0.717) is 5.78 Å². The van der Waals surface area contributed by atoms with E-state index in [1.165, 1.54) is 19.3 Å². The fraction of sp³-hybridized carbons (Fsp3) is 0.667. The normalized spacial score (nSPS) is 26.5. The summed E-state index contributed by atoms with van der Waals surface area (Å²) in [5, 5.41) is 0. The van der Waals surface area contributed by atoms with E-state index in [0.717, 1.165) is 41.0 Å². The molecule has 1 aliphatic heterocycles. The maximum atomic E-state index is 12.6. The van der Waals surface area contributed by atoms with E-state index in [1.54, 1.807) is 11.3 Å². The first-order chi connectivity index (χ1) is 9.19. The molecule has 1 spiro atoms. The second kappa shape index (κ2) is 5.66. The minimum Gasteiger partial charge on any atom is -0.375 e. The van der Waals surface area contributed by atoms with Crippen LogP contribution in [0.2, 0.25) is 0 Å². The third kappa shape index (κ3) is 2.96. The molecule has 0 aromatic carbocycles. The lowest BCUT2D eigenvalue weighted by molar-refractivity contribution is -0.111. The van der Waals surface area contributed by atoms with E-state index in [-0.39, 0.29) is 11.5 Å². The molecule has 2 heterocycles. The fourth-order valence-corrected chi connectivity index (χ4v) is 4.85. The second-order valence-corrected chi connectivity index (χ2v) is 8.21. The molecule has 0 amide bonds.